The van der Waals surface area contributed by atoms with Gasteiger partial charge in [0.05, 0.1) is 0 Å². The molecule has 18 heavy (non-hydrogen) atoms. The summed E-state index contributed by atoms with van der Waals surface area (Å²) in [7, 11) is -3.35. The number of aromatic nitrogens is 1. The van der Waals surface area contributed by atoms with Gasteiger partial charge in [0.1, 0.15) is 4.90 Å². The van der Waals surface area contributed by atoms with Crippen molar-refractivity contribution in [1.82, 2.24) is 8.87 Å². The van der Waals surface area contributed by atoms with Crippen molar-refractivity contribution in [2.75, 3.05) is 6.54 Å². The van der Waals surface area contributed by atoms with Crippen molar-refractivity contribution in [3.63, 3.8) is 0 Å². The summed E-state index contributed by atoms with van der Waals surface area (Å²) in [6, 6.07) is 1.80. The molecule has 0 saturated carbocycles. The Kier molecular flexibility index (Phi) is 3.79. The van der Waals surface area contributed by atoms with E-state index in [4.69, 9.17) is 5.73 Å². The Bertz CT molecular complexity index is 500. The van der Waals surface area contributed by atoms with Crippen LogP contribution in [-0.4, -0.2) is 29.9 Å². The van der Waals surface area contributed by atoms with Gasteiger partial charge < -0.3 is 10.3 Å². The number of hydrogen-bond acceptors (Lipinski definition) is 3. The highest BCUT2D eigenvalue weighted by Gasteiger charge is 2.33. The lowest BCUT2D eigenvalue weighted by Gasteiger charge is -2.19. The quantitative estimate of drug-likeness (QED) is 0.893. The standard InChI is InChI=1S/C12H21N3O2S/c1-3-14-9-12(7-11(14)8-13)18(16,17)15-6-4-5-10(15)2/h7,9-10H,3-6,8,13H2,1-2H3. The van der Waals surface area contributed by atoms with Crippen LogP contribution in [0.1, 0.15) is 32.4 Å². The first-order chi connectivity index (χ1) is 8.50. The van der Waals surface area contributed by atoms with Gasteiger partial charge in [-0.3, -0.25) is 0 Å². The predicted octanol–water partition coefficient (Wildman–Crippen LogP) is 1.14. The molecule has 1 unspecified atom stereocenters. The first kappa shape index (κ1) is 13.6. The molecule has 0 radical (unpaired) electrons. The largest absolute Gasteiger partial charge is 0.349 e. The molecule has 0 spiro atoms. The molecule has 0 aliphatic carbocycles. The van der Waals surface area contributed by atoms with Gasteiger partial charge in [0.25, 0.3) is 0 Å². The maximum Gasteiger partial charge on any atom is 0.244 e. The minimum Gasteiger partial charge on any atom is -0.349 e. The Labute approximate surface area is 109 Å². The summed E-state index contributed by atoms with van der Waals surface area (Å²) in [4.78, 5) is 0.374. The van der Waals surface area contributed by atoms with Crippen LogP contribution in [0, 0.1) is 0 Å². The third-order valence-corrected chi connectivity index (χ3v) is 5.59. The molecular weight excluding hydrogens is 250 g/mol. The maximum atomic E-state index is 12.5. The van der Waals surface area contributed by atoms with Crippen molar-refractivity contribution in [1.29, 1.82) is 0 Å². The Morgan fingerprint density at radius 1 is 1.50 bits per heavy atom. The van der Waals surface area contributed by atoms with Gasteiger partial charge in [-0.2, -0.15) is 4.31 Å². The van der Waals surface area contributed by atoms with E-state index < -0.39 is 10.0 Å². The van der Waals surface area contributed by atoms with E-state index in [0.29, 0.717) is 18.0 Å². The van der Waals surface area contributed by atoms with Gasteiger partial charge in [0.2, 0.25) is 10.0 Å². The zero-order chi connectivity index (χ0) is 13.3. The highest BCUT2D eigenvalue weighted by molar-refractivity contribution is 7.89. The van der Waals surface area contributed by atoms with Crippen molar-refractivity contribution in [2.45, 2.75) is 50.7 Å². The van der Waals surface area contributed by atoms with E-state index in [-0.39, 0.29) is 6.04 Å². The van der Waals surface area contributed by atoms with Crippen LogP contribution in [0.5, 0.6) is 0 Å². The summed E-state index contributed by atoms with van der Waals surface area (Å²) in [5.74, 6) is 0. The molecule has 0 amide bonds. The van der Waals surface area contributed by atoms with Crippen LogP contribution in [0.3, 0.4) is 0 Å². The highest BCUT2D eigenvalue weighted by atomic mass is 32.2. The van der Waals surface area contributed by atoms with Gasteiger partial charge >= 0.3 is 0 Å². The van der Waals surface area contributed by atoms with E-state index in [9.17, 15) is 8.42 Å². The molecule has 102 valence electrons. The minimum atomic E-state index is -3.35. The van der Waals surface area contributed by atoms with Gasteiger partial charge in [-0.15, -0.1) is 0 Å². The number of rotatable bonds is 4. The molecule has 6 heteroatoms. The Hall–Kier alpha value is -0.850. The van der Waals surface area contributed by atoms with Crippen LogP contribution in [-0.2, 0) is 23.1 Å². The fourth-order valence-corrected chi connectivity index (χ4v) is 4.30. The summed E-state index contributed by atoms with van der Waals surface area (Å²) in [6.07, 6.45) is 3.58. The van der Waals surface area contributed by atoms with Gasteiger partial charge in [-0.1, -0.05) is 0 Å². The number of aryl methyl sites for hydroxylation is 1. The second kappa shape index (κ2) is 5.03. The zero-order valence-corrected chi connectivity index (χ0v) is 11.8. The summed E-state index contributed by atoms with van der Waals surface area (Å²) in [5.41, 5.74) is 6.50. The summed E-state index contributed by atoms with van der Waals surface area (Å²) >= 11 is 0. The second-order valence-electron chi connectivity index (χ2n) is 4.76. The molecule has 1 aromatic rings. The molecule has 0 aromatic carbocycles. The topological polar surface area (TPSA) is 68.3 Å². The van der Waals surface area contributed by atoms with Crippen molar-refractivity contribution in [3.05, 3.63) is 18.0 Å². The third-order valence-electron chi connectivity index (χ3n) is 3.61. The molecule has 1 aliphatic rings. The molecule has 1 atom stereocenters. The molecule has 1 aromatic heterocycles. The van der Waals surface area contributed by atoms with E-state index in [1.54, 1.807) is 16.6 Å². The first-order valence-corrected chi connectivity index (χ1v) is 7.85. The van der Waals surface area contributed by atoms with Crippen LogP contribution in [0.15, 0.2) is 17.2 Å². The van der Waals surface area contributed by atoms with Crippen molar-refractivity contribution < 1.29 is 8.42 Å². The normalized spacial score (nSPS) is 21.6. The predicted molar refractivity (Wildman–Crippen MR) is 70.6 cm³/mol. The van der Waals surface area contributed by atoms with E-state index in [1.807, 2.05) is 18.4 Å². The average molecular weight is 271 g/mol. The van der Waals surface area contributed by atoms with E-state index in [1.165, 1.54) is 0 Å². The van der Waals surface area contributed by atoms with Crippen molar-refractivity contribution >= 4 is 10.0 Å². The highest BCUT2D eigenvalue weighted by Crippen LogP contribution is 2.26. The Balaban J connectivity index is 2.38. The SMILES string of the molecule is CCn1cc(S(=O)(=O)N2CCCC2C)cc1CN. The molecule has 1 fully saturated rings. The molecular formula is C12H21N3O2S. The van der Waals surface area contributed by atoms with E-state index >= 15 is 0 Å². The summed E-state index contributed by atoms with van der Waals surface area (Å²) in [6.45, 7) is 5.66. The lowest BCUT2D eigenvalue weighted by molar-refractivity contribution is 0.408. The molecule has 0 bridgehead atoms. The lowest BCUT2D eigenvalue weighted by atomic mass is 10.3. The van der Waals surface area contributed by atoms with E-state index in [2.05, 4.69) is 0 Å². The van der Waals surface area contributed by atoms with Gasteiger partial charge in [-0.25, -0.2) is 8.42 Å². The number of hydrogen-bond donors (Lipinski definition) is 1. The van der Waals surface area contributed by atoms with Gasteiger partial charge in [0, 0.05) is 37.6 Å². The fourth-order valence-electron chi connectivity index (χ4n) is 2.53. The Morgan fingerprint density at radius 2 is 2.22 bits per heavy atom. The van der Waals surface area contributed by atoms with Crippen LogP contribution in [0.4, 0.5) is 0 Å². The van der Waals surface area contributed by atoms with Crippen LogP contribution >= 0.6 is 0 Å². The number of nitrogens with zero attached hydrogens (tertiary/aromatic N) is 2. The smallest absolute Gasteiger partial charge is 0.244 e. The molecule has 5 nitrogen and oxygen atoms in total. The molecule has 1 aliphatic heterocycles. The lowest BCUT2D eigenvalue weighted by Crippen LogP contribution is -2.33. The Morgan fingerprint density at radius 3 is 2.67 bits per heavy atom. The fraction of sp³-hybridized carbons (Fsp3) is 0.667. The second-order valence-corrected chi connectivity index (χ2v) is 6.65. The number of nitrogens with two attached hydrogens (primary N) is 1. The van der Waals surface area contributed by atoms with Crippen molar-refractivity contribution in [2.24, 2.45) is 5.73 Å². The zero-order valence-electron chi connectivity index (χ0n) is 11.0. The molecule has 1 saturated heterocycles. The number of sulfonamides is 1. The van der Waals surface area contributed by atoms with Gasteiger partial charge in [0.15, 0.2) is 0 Å². The van der Waals surface area contributed by atoms with Crippen LogP contribution in [0.25, 0.3) is 0 Å². The van der Waals surface area contributed by atoms with Crippen LogP contribution in [0.2, 0.25) is 0 Å². The molecule has 2 heterocycles. The minimum absolute atomic E-state index is 0.0984. The maximum absolute atomic E-state index is 12.5. The van der Waals surface area contributed by atoms with Crippen LogP contribution < -0.4 is 5.73 Å². The first-order valence-electron chi connectivity index (χ1n) is 6.41. The third kappa shape index (κ3) is 2.20. The molecule has 2 rings (SSSR count). The van der Waals surface area contributed by atoms with Gasteiger partial charge in [-0.05, 0) is 32.8 Å². The summed E-state index contributed by atoms with van der Waals surface area (Å²) in [5, 5.41) is 0. The summed E-state index contributed by atoms with van der Waals surface area (Å²) < 4.78 is 28.5. The monoisotopic (exact) mass is 271 g/mol. The van der Waals surface area contributed by atoms with E-state index in [0.717, 1.165) is 25.1 Å². The van der Waals surface area contributed by atoms with Crippen molar-refractivity contribution in [3.8, 4) is 0 Å². The average Bonchev–Trinajstić information content (AvgIpc) is 2.94. The molecule has 2 N–H and O–H groups in total.